The molecule has 180 valence electrons. The molecule has 3 aromatic rings. The number of amides is 1. The summed E-state index contributed by atoms with van der Waals surface area (Å²) in [5, 5.41) is 5.10. The Bertz CT molecular complexity index is 1200. The number of benzene rings is 2. The Morgan fingerprint density at radius 1 is 1.12 bits per heavy atom. The number of aromatic nitrogens is 1. The van der Waals surface area contributed by atoms with Crippen LogP contribution in [0.2, 0.25) is 0 Å². The van der Waals surface area contributed by atoms with Crippen molar-refractivity contribution in [2.24, 2.45) is 0 Å². The molecule has 2 heterocycles. The minimum Gasteiger partial charge on any atom is -0.494 e. The lowest BCUT2D eigenvalue weighted by Crippen LogP contribution is -2.40. The largest absolute Gasteiger partial charge is 0.494 e. The Kier molecular flexibility index (Phi) is 7.94. The lowest BCUT2D eigenvalue weighted by atomic mass is 10.2. The third-order valence-corrected chi connectivity index (χ3v) is 8.04. The maximum atomic E-state index is 12.8. The fraction of sp³-hybridized carbons (Fsp3) is 0.333. The maximum Gasteiger partial charge on any atom is 0.257 e. The number of sulfonamides is 1. The van der Waals surface area contributed by atoms with Crippen LogP contribution in [-0.4, -0.2) is 56.5 Å². The first-order chi connectivity index (χ1) is 16.5. The standard InChI is InChI=1S/C24H27N3O5S2/c1-2-3-14-32-20-8-4-19(5-9-20)23(28)26-24-25-22(17-33-24)18-6-10-21(11-7-18)34(29,30)27-12-15-31-16-13-27/h4-11,17H,2-3,12-16H2,1H3,(H,25,26,28). The van der Waals surface area contributed by atoms with Crippen LogP contribution in [0.4, 0.5) is 5.13 Å². The zero-order chi connectivity index (χ0) is 24.0. The van der Waals surface area contributed by atoms with Crippen LogP contribution in [0.5, 0.6) is 5.75 Å². The van der Waals surface area contributed by atoms with Gasteiger partial charge in [0.15, 0.2) is 5.13 Å². The Morgan fingerprint density at radius 2 is 1.82 bits per heavy atom. The number of hydrogen-bond donors (Lipinski definition) is 1. The van der Waals surface area contributed by atoms with Crippen molar-refractivity contribution < 1.29 is 22.7 Å². The fourth-order valence-corrected chi connectivity index (χ4v) is 5.53. The van der Waals surface area contributed by atoms with Crippen molar-refractivity contribution in [1.29, 1.82) is 0 Å². The van der Waals surface area contributed by atoms with E-state index in [4.69, 9.17) is 9.47 Å². The van der Waals surface area contributed by atoms with Gasteiger partial charge < -0.3 is 9.47 Å². The number of unbranched alkanes of at least 4 members (excludes halogenated alkanes) is 1. The van der Waals surface area contributed by atoms with Gasteiger partial charge in [0.25, 0.3) is 5.91 Å². The van der Waals surface area contributed by atoms with Crippen LogP contribution in [0.3, 0.4) is 0 Å². The van der Waals surface area contributed by atoms with Gasteiger partial charge >= 0.3 is 0 Å². The number of anilines is 1. The molecule has 1 aromatic heterocycles. The number of carbonyl (C=O) groups excluding carboxylic acids is 1. The lowest BCUT2D eigenvalue weighted by Gasteiger charge is -2.26. The highest BCUT2D eigenvalue weighted by molar-refractivity contribution is 7.89. The molecule has 4 rings (SSSR count). The van der Waals surface area contributed by atoms with Crippen LogP contribution in [-0.2, 0) is 14.8 Å². The molecule has 8 nitrogen and oxygen atoms in total. The fourth-order valence-electron chi connectivity index (χ4n) is 3.40. The minimum atomic E-state index is -3.54. The van der Waals surface area contributed by atoms with Gasteiger partial charge in [-0.15, -0.1) is 11.3 Å². The van der Waals surface area contributed by atoms with Crippen LogP contribution >= 0.6 is 11.3 Å². The maximum absolute atomic E-state index is 12.8. The second-order valence-electron chi connectivity index (χ2n) is 7.76. The van der Waals surface area contributed by atoms with Crippen LogP contribution in [0.25, 0.3) is 11.3 Å². The van der Waals surface area contributed by atoms with E-state index in [2.05, 4.69) is 17.2 Å². The Morgan fingerprint density at radius 3 is 2.50 bits per heavy atom. The number of hydrogen-bond acceptors (Lipinski definition) is 7. The molecule has 0 aliphatic carbocycles. The Balaban J connectivity index is 1.38. The topological polar surface area (TPSA) is 97.8 Å². The first-order valence-corrected chi connectivity index (χ1v) is 13.5. The molecule has 2 aromatic carbocycles. The van der Waals surface area contributed by atoms with Gasteiger partial charge in [0.05, 0.1) is 30.4 Å². The van der Waals surface area contributed by atoms with Crippen molar-refractivity contribution in [2.75, 3.05) is 38.2 Å². The van der Waals surface area contributed by atoms with Gasteiger partial charge in [0.2, 0.25) is 10.0 Å². The summed E-state index contributed by atoms with van der Waals surface area (Å²) in [6, 6.07) is 13.6. The van der Waals surface area contributed by atoms with Crippen molar-refractivity contribution in [3.8, 4) is 17.0 Å². The van der Waals surface area contributed by atoms with Crippen molar-refractivity contribution in [3.05, 3.63) is 59.5 Å². The molecule has 34 heavy (non-hydrogen) atoms. The van der Waals surface area contributed by atoms with Gasteiger partial charge in [-0.2, -0.15) is 4.31 Å². The number of thiazole rings is 1. The average molecular weight is 502 g/mol. The quantitative estimate of drug-likeness (QED) is 0.440. The number of ether oxygens (including phenoxy) is 2. The molecule has 0 atom stereocenters. The van der Waals surface area contributed by atoms with Gasteiger partial charge in [-0.05, 0) is 42.8 Å². The average Bonchev–Trinajstić information content (AvgIpc) is 3.33. The molecular formula is C24H27N3O5S2. The molecule has 10 heteroatoms. The normalized spacial score (nSPS) is 14.6. The molecule has 1 fully saturated rings. The second-order valence-corrected chi connectivity index (χ2v) is 10.6. The molecule has 1 amide bonds. The Labute approximate surface area is 203 Å². The predicted molar refractivity (Wildman–Crippen MR) is 132 cm³/mol. The van der Waals surface area contributed by atoms with Gasteiger partial charge in [-0.1, -0.05) is 25.5 Å². The highest BCUT2D eigenvalue weighted by Gasteiger charge is 2.26. The minimum absolute atomic E-state index is 0.240. The predicted octanol–water partition coefficient (Wildman–Crippen LogP) is 4.26. The third-order valence-electron chi connectivity index (χ3n) is 5.37. The third kappa shape index (κ3) is 5.82. The molecule has 0 bridgehead atoms. The number of nitrogens with one attached hydrogen (secondary N) is 1. The summed E-state index contributed by atoms with van der Waals surface area (Å²) in [7, 11) is -3.54. The van der Waals surface area contributed by atoms with E-state index in [1.54, 1.807) is 48.5 Å². The van der Waals surface area contributed by atoms with Crippen molar-refractivity contribution in [1.82, 2.24) is 9.29 Å². The van der Waals surface area contributed by atoms with Crippen LogP contribution in [0, 0.1) is 0 Å². The SMILES string of the molecule is CCCCOc1ccc(C(=O)Nc2nc(-c3ccc(S(=O)(=O)N4CCOCC4)cc3)cs2)cc1. The lowest BCUT2D eigenvalue weighted by molar-refractivity contribution is 0.0730. The van der Waals surface area contributed by atoms with Crippen molar-refractivity contribution >= 4 is 32.4 Å². The summed E-state index contributed by atoms with van der Waals surface area (Å²) in [6.45, 7) is 4.28. The molecule has 1 N–H and O–H groups in total. The van der Waals surface area contributed by atoms with Gasteiger partial charge in [-0.3, -0.25) is 10.1 Å². The molecule has 1 aliphatic heterocycles. The monoisotopic (exact) mass is 501 g/mol. The van der Waals surface area contributed by atoms with Crippen molar-refractivity contribution in [2.45, 2.75) is 24.7 Å². The van der Waals surface area contributed by atoms with Gasteiger partial charge in [0.1, 0.15) is 5.75 Å². The van der Waals surface area contributed by atoms with E-state index in [0.717, 1.165) is 24.2 Å². The van der Waals surface area contributed by atoms with E-state index >= 15 is 0 Å². The van der Waals surface area contributed by atoms with E-state index in [1.807, 2.05) is 5.38 Å². The highest BCUT2D eigenvalue weighted by atomic mass is 32.2. The zero-order valence-electron chi connectivity index (χ0n) is 18.9. The summed E-state index contributed by atoms with van der Waals surface area (Å²) >= 11 is 1.31. The highest BCUT2D eigenvalue weighted by Crippen LogP contribution is 2.27. The first-order valence-electron chi connectivity index (χ1n) is 11.2. The summed E-state index contributed by atoms with van der Waals surface area (Å²) in [4.78, 5) is 17.3. The molecule has 0 unspecified atom stereocenters. The number of nitrogens with zero attached hydrogens (tertiary/aromatic N) is 2. The first kappa shape index (κ1) is 24.3. The van der Waals surface area contributed by atoms with E-state index in [1.165, 1.54) is 15.6 Å². The number of rotatable bonds is 9. The molecule has 1 aliphatic rings. The summed E-state index contributed by atoms with van der Waals surface area (Å²) in [5.74, 6) is 0.480. The van der Waals surface area contributed by atoms with Crippen LogP contribution in [0.1, 0.15) is 30.1 Å². The summed E-state index contributed by atoms with van der Waals surface area (Å²) in [5.41, 5.74) is 1.94. The molecule has 0 radical (unpaired) electrons. The Hall–Kier alpha value is -2.79. The van der Waals surface area contributed by atoms with Gasteiger partial charge in [0, 0.05) is 29.6 Å². The van der Waals surface area contributed by atoms with Crippen molar-refractivity contribution in [3.63, 3.8) is 0 Å². The molecule has 0 saturated carbocycles. The van der Waals surface area contributed by atoms with Crippen LogP contribution in [0.15, 0.2) is 58.8 Å². The summed E-state index contributed by atoms with van der Waals surface area (Å²) < 4.78 is 37.9. The van der Waals surface area contributed by atoms with E-state index in [-0.39, 0.29) is 10.8 Å². The molecule has 0 spiro atoms. The second kappa shape index (κ2) is 11.1. The number of morpholine rings is 1. The number of carbonyl (C=O) groups is 1. The smallest absolute Gasteiger partial charge is 0.257 e. The molecule has 1 saturated heterocycles. The zero-order valence-corrected chi connectivity index (χ0v) is 20.5. The van der Waals surface area contributed by atoms with Gasteiger partial charge in [-0.25, -0.2) is 13.4 Å². The summed E-state index contributed by atoms with van der Waals surface area (Å²) in [6.07, 6.45) is 2.05. The molecular weight excluding hydrogens is 474 g/mol. The van der Waals surface area contributed by atoms with E-state index in [0.29, 0.717) is 49.3 Å². The van der Waals surface area contributed by atoms with E-state index < -0.39 is 10.0 Å². The van der Waals surface area contributed by atoms with Crippen LogP contribution < -0.4 is 10.1 Å². The van der Waals surface area contributed by atoms with E-state index in [9.17, 15) is 13.2 Å².